The Hall–Kier alpha value is -3.30. The van der Waals surface area contributed by atoms with Gasteiger partial charge in [-0.2, -0.15) is 0 Å². The summed E-state index contributed by atoms with van der Waals surface area (Å²) < 4.78 is 0. The number of carboxylic acids is 1. The van der Waals surface area contributed by atoms with Crippen LogP contribution < -0.4 is 10.6 Å². The minimum absolute atomic E-state index is 0.00376. The van der Waals surface area contributed by atoms with E-state index in [1.165, 1.54) is 36.4 Å². The molecule has 0 heterocycles. The van der Waals surface area contributed by atoms with Gasteiger partial charge >= 0.3 is 5.97 Å². The maximum Gasteiger partial charge on any atom is 0.335 e. The van der Waals surface area contributed by atoms with Crippen LogP contribution in [0.2, 0.25) is 5.02 Å². The summed E-state index contributed by atoms with van der Waals surface area (Å²) in [6.45, 7) is 1.76. The number of nitro benzene ring substituents is 1. The van der Waals surface area contributed by atoms with E-state index in [9.17, 15) is 19.7 Å². The highest BCUT2D eigenvalue weighted by Crippen LogP contribution is 2.25. The molecule has 0 unspecified atom stereocenters. The first-order chi connectivity index (χ1) is 13.2. The van der Waals surface area contributed by atoms with Crippen LogP contribution in [0.4, 0.5) is 11.4 Å². The standard InChI is InChI=1S/C18H14ClN3O5S/c1-10-2-5-12(17(24)25)9-14(10)20-18(28)21-16(23)7-4-11-3-6-13(19)15(8-11)22(26)27/h2-9H,1H3,(H,24,25)(H2,20,21,23,28). The zero-order valence-corrected chi connectivity index (χ0v) is 16.0. The number of anilines is 1. The maximum atomic E-state index is 12.0. The first kappa shape index (κ1) is 21.0. The van der Waals surface area contributed by atoms with Gasteiger partial charge in [0.05, 0.1) is 10.5 Å². The second kappa shape index (κ2) is 9.07. The van der Waals surface area contributed by atoms with Crippen LogP contribution in [0.3, 0.4) is 0 Å². The smallest absolute Gasteiger partial charge is 0.335 e. The zero-order valence-electron chi connectivity index (χ0n) is 14.4. The Labute approximate surface area is 170 Å². The predicted octanol–water partition coefficient (Wildman–Crippen LogP) is 3.78. The molecule has 1 amide bonds. The summed E-state index contributed by atoms with van der Waals surface area (Å²) in [4.78, 5) is 33.3. The van der Waals surface area contributed by atoms with Gasteiger partial charge in [0.15, 0.2) is 5.11 Å². The summed E-state index contributed by atoms with van der Waals surface area (Å²) in [6, 6.07) is 8.60. The Balaban J connectivity index is 2.03. The minimum Gasteiger partial charge on any atom is -0.478 e. The van der Waals surface area contributed by atoms with Gasteiger partial charge in [0.2, 0.25) is 5.91 Å². The van der Waals surface area contributed by atoms with Gasteiger partial charge in [-0.25, -0.2) is 4.79 Å². The normalized spacial score (nSPS) is 10.5. The van der Waals surface area contributed by atoms with E-state index in [1.807, 2.05) is 0 Å². The lowest BCUT2D eigenvalue weighted by atomic mass is 10.1. The third kappa shape index (κ3) is 5.60. The molecule has 28 heavy (non-hydrogen) atoms. The molecule has 0 aliphatic carbocycles. The molecule has 0 fully saturated rings. The number of hydrogen-bond acceptors (Lipinski definition) is 5. The van der Waals surface area contributed by atoms with Crippen molar-refractivity contribution in [1.82, 2.24) is 5.32 Å². The topological polar surface area (TPSA) is 122 Å². The van der Waals surface area contributed by atoms with Crippen molar-refractivity contribution in [1.29, 1.82) is 0 Å². The van der Waals surface area contributed by atoms with E-state index in [2.05, 4.69) is 10.6 Å². The number of carbonyl (C=O) groups excluding carboxylic acids is 1. The average Bonchev–Trinajstić information content (AvgIpc) is 2.62. The van der Waals surface area contributed by atoms with Crippen LogP contribution in [0.25, 0.3) is 6.08 Å². The number of nitro groups is 1. The number of aromatic carboxylic acids is 1. The Kier molecular flexibility index (Phi) is 6.80. The van der Waals surface area contributed by atoms with Crippen LogP contribution in [0.15, 0.2) is 42.5 Å². The van der Waals surface area contributed by atoms with Gasteiger partial charge in [-0.15, -0.1) is 0 Å². The van der Waals surface area contributed by atoms with Crippen LogP contribution in [-0.2, 0) is 4.79 Å². The molecule has 0 spiro atoms. The number of carbonyl (C=O) groups is 2. The summed E-state index contributed by atoms with van der Waals surface area (Å²) in [5.41, 5.74) is 1.41. The molecule has 0 aliphatic rings. The van der Waals surface area contributed by atoms with Crippen LogP contribution in [0, 0.1) is 17.0 Å². The molecule has 2 aromatic rings. The van der Waals surface area contributed by atoms with Gasteiger partial charge < -0.3 is 10.4 Å². The van der Waals surface area contributed by atoms with Gasteiger partial charge in [0.25, 0.3) is 5.69 Å². The molecule has 8 nitrogen and oxygen atoms in total. The highest BCUT2D eigenvalue weighted by Gasteiger charge is 2.12. The van der Waals surface area contributed by atoms with Crippen LogP contribution in [-0.4, -0.2) is 27.0 Å². The average molecular weight is 420 g/mol. The maximum absolute atomic E-state index is 12.0. The number of benzene rings is 2. The van der Waals surface area contributed by atoms with Crippen molar-refractivity contribution in [3.05, 3.63) is 74.3 Å². The number of nitrogens with zero attached hydrogens (tertiary/aromatic N) is 1. The third-order valence-electron chi connectivity index (χ3n) is 3.56. The molecule has 0 aliphatic heterocycles. The van der Waals surface area contributed by atoms with E-state index in [1.54, 1.807) is 13.0 Å². The molecular weight excluding hydrogens is 406 g/mol. The number of rotatable bonds is 5. The van der Waals surface area contributed by atoms with Gasteiger partial charge in [-0.05, 0) is 54.5 Å². The third-order valence-corrected chi connectivity index (χ3v) is 4.09. The van der Waals surface area contributed by atoms with Crippen LogP contribution in [0.5, 0.6) is 0 Å². The van der Waals surface area contributed by atoms with Gasteiger partial charge in [-0.1, -0.05) is 23.7 Å². The second-order valence-electron chi connectivity index (χ2n) is 5.58. The summed E-state index contributed by atoms with van der Waals surface area (Å²) in [6.07, 6.45) is 2.53. The molecule has 2 aromatic carbocycles. The van der Waals surface area contributed by atoms with Crippen molar-refractivity contribution in [3.8, 4) is 0 Å². The van der Waals surface area contributed by atoms with Crippen molar-refractivity contribution in [3.63, 3.8) is 0 Å². The molecule has 0 saturated heterocycles. The summed E-state index contributed by atoms with van der Waals surface area (Å²) >= 11 is 10.8. The second-order valence-corrected chi connectivity index (χ2v) is 6.39. The largest absolute Gasteiger partial charge is 0.478 e. The quantitative estimate of drug-likeness (QED) is 0.292. The lowest BCUT2D eigenvalue weighted by molar-refractivity contribution is -0.384. The first-order valence-corrected chi connectivity index (χ1v) is 8.54. The number of aryl methyl sites for hydroxylation is 1. The fraction of sp³-hybridized carbons (Fsp3) is 0.0556. The van der Waals surface area contributed by atoms with E-state index in [4.69, 9.17) is 28.9 Å². The Morgan fingerprint density at radius 3 is 2.61 bits per heavy atom. The molecule has 0 saturated carbocycles. The molecule has 2 rings (SSSR count). The molecular formula is C18H14ClN3O5S. The van der Waals surface area contributed by atoms with Crippen LogP contribution >= 0.6 is 23.8 Å². The molecule has 10 heteroatoms. The molecule has 0 atom stereocenters. The molecule has 0 aromatic heterocycles. The van der Waals surface area contributed by atoms with Crippen molar-refractivity contribution < 1.29 is 19.6 Å². The van der Waals surface area contributed by atoms with Crippen molar-refractivity contribution in [2.45, 2.75) is 6.92 Å². The highest BCUT2D eigenvalue weighted by molar-refractivity contribution is 7.80. The lowest BCUT2D eigenvalue weighted by Crippen LogP contribution is -2.33. The van der Waals surface area contributed by atoms with Crippen LogP contribution in [0.1, 0.15) is 21.5 Å². The number of hydrogen-bond donors (Lipinski definition) is 3. The molecule has 144 valence electrons. The number of halogens is 1. The van der Waals surface area contributed by atoms with Gasteiger partial charge in [-0.3, -0.25) is 20.2 Å². The van der Waals surface area contributed by atoms with Gasteiger partial charge in [0, 0.05) is 17.8 Å². The minimum atomic E-state index is -1.09. The van der Waals surface area contributed by atoms with E-state index in [-0.39, 0.29) is 21.4 Å². The lowest BCUT2D eigenvalue weighted by Gasteiger charge is -2.11. The van der Waals surface area contributed by atoms with Crippen molar-refractivity contribution in [2.75, 3.05) is 5.32 Å². The first-order valence-electron chi connectivity index (χ1n) is 7.75. The number of nitrogens with one attached hydrogen (secondary N) is 2. The Morgan fingerprint density at radius 2 is 1.96 bits per heavy atom. The number of amides is 1. The Morgan fingerprint density at radius 1 is 1.25 bits per heavy atom. The summed E-state index contributed by atoms with van der Waals surface area (Å²) in [5, 5.41) is 25.1. The molecule has 0 bridgehead atoms. The fourth-order valence-electron chi connectivity index (χ4n) is 2.14. The van der Waals surface area contributed by atoms with E-state index >= 15 is 0 Å². The number of thiocarbonyl (C=S) groups is 1. The highest BCUT2D eigenvalue weighted by atomic mass is 35.5. The monoisotopic (exact) mass is 419 g/mol. The molecule has 3 N–H and O–H groups in total. The van der Waals surface area contributed by atoms with E-state index in [0.717, 1.165) is 11.6 Å². The van der Waals surface area contributed by atoms with E-state index < -0.39 is 16.8 Å². The van der Waals surface area contributed by atoms with E-state index in [0.29, 0.717) is 11.3 Å². The predicted molar refractivity (Wildman–Crippen MR) is 110 cm³/mol. The van der Waals surface area contributed by atoms with Gasteiger partial charge in [0.1, 0.15) is 5.02 Å². The summed E-state index contributed by atoms with van der Waals surface area (Å²) in [7, 11) is 0. The number of carboxylic acid groups (broad SMARTS) is 1. The summed E-state index contributed by atoms with van der Waals surface area (Å²) in [5.74, 6) is -1.65. The fourth-order valence-corrected chi connectivity index (χ4v) is 2.54. The van der Waals surface area contributed by atoms with Crippen molar-refractivity contribution in [2.24, 2.45) is 0 Å². The zero-order chi connectivity index (χ0) is 20.8. The Bertz CT molecular complexity index is 1010. The van der Waals surface area contributed by atoms with Crippen molar-refractivity contribution >= 4 is 58.3 Å². The molecule has 0 radical (unpaired) electrons. The SMILES string of the molecule is Cc1ccc(C(=O)O)cc1NC(=S)NC(=O)C=Cc1ccc(Cl)c([N+](=O)[O-])c1.